The van der Waals surface area contributed by atoms with Crippen molar-refractivity contribution in [2.45, 2.75) is 5.03 Å². The largest absolute Gasteiger partial charge is 0.495 e. The van der Waals surface area contributed by atoms with Gasteiger partial charge in [-0.05, 0) is 48.4 Å². The van der Waals surface area contributed by atoms with Crippen LogP contribution in [0, 0.1) is 23.2 Å². The van der Waals surface area contributed by atoms with Crippen molar-refractivity contribution in [3.05, 3.63) is 69.5 Å². The van der Waals surface area contributed by atoms with Crippen molar-refractivity contribution in [3.8, 4) is 23.7 Å². The molecule has 0 saturated carbocycles. The van der Waals surface area contributed by atoms with Gasteiger partial charge in [-0.1, -0.05) is 5.92 Å². The minimum atomic E-state index is -1.01. The molecule has 28 heavy (non-hydrogen) atoms. The molecule has 6 nitrogen and oxygen atoms in total. The summed E-state index contributed by atoms with van der Waals surface area (Å²) in [5.41, 5.74) is 2.21. The Bertz CT molecular complexity index is 1110. The van der Waals surface area contributed by atoms with Crippen LogP contribution in [0.2, 0.25) is 0 Å². The van der Waals surface area contributed by atoms with Crippen molar-refractivity contribution >= 4 is 34.9 Å². The van der Waals surface area contributed by atoms with Crippen LogP contribution in [0.25, 0.3) is 0 Å². The summed E-state index contributed by atoms with van der Waals surface area (Å²) in [7, 11) is 1.48. The first kappa shape index (κ1) is 19.3. The minimum Gasteiger partial charge on any atom is -0.495 e. The Kier molecular flexibility index (Phi) is 6.18. The van der Waals surface area contributed by atoms with E-state index in [4.69, 9.17) is 15.1 Å². The fourth-order valence-corrected chi connectivity index (χ4v) is 3.57. The lowest BCUT2D eigenvalue weighted by molar-refractivity contribution is 0.0696. The number of hydrogen-bond acceptors (Lipinski definition) is 7. The first-order valence-corrected chi connectivity index (χ1v) is 9.60. The fourth-order valence-electron chi connectivity index (χ4n) is 2.13. The second-order valence-corrected chi connectivity index (χ2v) is 7.04. The summed E-state index contributed by atoms with van der Waals surface area (Å²) in [6.45, 7) is 0. The Balaban J connectivity index is 1.66. The topological polar surface area (TPSA) is 95.2 Å². The second-order valence-electron chi connectivity index (χ2n) is 5.35. The number of carboxylic acid groups (broad SMARTS) is 1. The smallest absolute Gasteiger partial charge is 0.335 e. The molecule has 0 aliphatic carbocycles. The zero-order valence-corrected chi connectivity index (χ0v) is 16.2. The van der Waals surface area contributed by atoms with Gasteiger partial charge in [-0.2, -0.15) is 5.26 Å². The summed E-state index contributed by atoms with van der Waals surface area (Å²) in [6.07, 6.45) is 0. The first-order valence-electron chi connectivity index (χ1n) is 7.91. The molecular weight excluding hydrogens is 394 g/mol. The Morgan fingerprint density at radius 1 is 1.21 bits per heavy atom. The number of thiazole rings is 1. The Hall–Kier alpha value is -3.46. The number of aromatic carboxylic acids is 1. The van der Waals surface area contributed by atoms with Crippen molar-refractivity contribution < 1.29 is 14.6 Å². The van der Waals surface area contributed by atoms with E-state index in [1.165, 1.54) is 42.5 Å². The van der Waals surface area contributed by atoms with Crippen LogP contribution in [0.1, 0.15) is 26.5 Å². The monoisotopic (exact) mass is 407 g/mol. The summed E-state index contributed by atoms with van der Waals surface area (Å²) < 4.78 is 8.34. The molecule has 0 atom stereocenters. The maximum atomic E-state index is 11.0. The van der Waals surface area contributed by atoms with Gasteiger partial charge in [-0.15, -0.1) is 11.3 Å². The van der Waals surface area contributed by atoms with Gasteiger partial charge in [-0.3, -0.25) is 0 Å². The molecule has 0 fully saturated rings. The number of nitrogens with one attached hydrogen (secondary N) is 1. The van der Waals surface area contributed by atoms with Crippen molar-refractivity contribution in [1.82, 2.24) is 4.98 Å². The number of nitriles is 1. The zero-order valence-electron chi connectivity index (χ0n) is 14.6. The molecule has 0 aliphatic heterocycles. The lowest BCUT2D eigenvalue weighted by Gasteiger charge is -2.10. The number of nitrogens with zero attached hydrogens (tertiary/aromatic N) is 2. The molecule has 0 saturated heterocycles. The lowest BCUT2D eigenvalue weighted by atomic mass is 10.1. The summed E-state index contributed by atoms with van der Waals surface area (Å²) in [6, 6.07) is 13.7. The number of carboxylic acids is 1. The van der Waals surface area contributed by atoms with Gasteiger partial charge in [0.2, 0.25) is 0 Å². The van der Waals surface area contributed by atoms with Crippen LogP contribution in [0.15, 0.2) is 52.9 Å². The summed E-state index contributed by atoms with van der Waals surface area (Å²) in [5.74, 6) is 5.44. The van der Waals surface area contributed by atoms with Gasteiger partial charge < -0.3 is 14.6 Å². The molecule has 3 aromatic rings. The van der Waals surface area contributed by atoms with Crippen LogP contribution in [-0.2, 0) is 0 Å². The fraction of sp³-hybridized carbons (Fsp3) is 0.0500. The molecule has 1 heterocycles. The average molecular weight is 407 g/mol. The SMILES string of the molecule is COc1cc(C(=O)O)ccc1NSc1csc(C#Cc2ccc(C#N)cc2)n1. The standard InChI is InChI=1S/C20H13N3O3S2/c1-26-17-10-15(20(24)25)7-8-16(17)23-28-19-12-27-18(22-19)9-6-13-2-4-14(11-21)5-3-13/h2-5,7-8,10,12,23H,1H3,(H,24,25). The van der Waals surface area contributed by atoms with E-state index in [0.29, 0.717) is 22.0 Å². The molecule has 8 heteroatoms. The number of ether oxygens (including phenoxy) is 1. The third kappa shape index (κ3) is 4.83. The summed E-state index contributed by atoms with van der Waals surface area (Å²) in [5, 5.41) is 21.1. The number of aromatic nitrogens is 1. The highest BCUT2D eigenvalue weighted by Crippen LogP contribution is 2.30. The molecule has 0 spiro atoms. The van der Waals surface area contributed by atoms with Crippen molar-refractivity contribution in [2.24, 2.45) is 0 Å². The Morgan fingerprint density at radius 3 is 2.64 bits per heavy atom. The molecule has 0 amide bonds. The van der Waals surface area contributed by atoms with E-state index in [9.17, 15) is 4.79 Å². The van der Waals surface area contributed by atoms with Crippen LogP contribution in [-0.4, -0.2) is 23.2 Å². The van der Waals surface area contributed by atoms with Crippen LogP contribution in [0.5, 0.6) is 5.75 Å². The predicted molar refractivity (Wildman–Crippen MR) is 109 cm³/mol. The van der Waals surface area contributed by atoms with Crippen molar-refractivity contribution in [3.63, 3.8) is 0 Å². The minimum absolute atomic E-state index is 0.154. The Morgan fingerprint density at radius 2 is 1.96 bits per heavy atom. The van der Waals surface area contributed by atoms with E-state index in [1.807, 2.05) is 5.38 Å². The van der Waals surface area contributed by atoms with E-state index in [2.05, 4.69) is 27.6 Å². The number of benzene rings is 2. The lowest BCUT2D eigenvalue weighted by Crippen LogP contribution is -1.99. The van der Waals surface area contributed by atoms with Crippen LogP contribution in [0.3, 0.4) is 0 Å². The van der Waals surface area contributed by atoms with Gasteiger partial charge in [0.1, 0.15) is 10.8 Å². The molecule has 3 rings (SSSR count). The molecule has 0 aliphatic rings. The van der Waals surface area contributed by atoms with Crippen molar-refractivity contribution in [2.75, 3.05) is 11.8 Å². The molecule has 0 radical (unpaired) electrons. The molecular formula is C20H13N3O3S2. The van der Waals surface area contributed by atoms with Crippen molar-refractivity contribution in [1.29, 1.82) is 5.26 Å². The van der Waals surface area contributed by atoms with Gasteiger partial charge in [0.25, 0.3) is 0 Å². The molecule has 0 unspecified atom stereocenters. The van der Waals surface area contributed by atoms with E-state index >= 15 is 0 Å². The number of anilines is 1. The first-order chi connectivity index (χ1) is 13.6. The summed E-state index contributed by atoms with van der Waals surface area (Å²) >= 11 is 2.70. The van der Waals surface area contributed by atoms with E-state index in [-0.39, 0.29) is 5.56 Å². The van der Waals surface area contributed by atoms with Crippen LogP contribution >= 0.6 is 23.3 Å². The molecule has 2 N–H and O–H groups in total. The maximum absolute atomic E-state index is 11.0. The van der Waals surface area contributed by atoms with E-state index < -0.39 is 5.97 Å². The normalized spacial score (nSPS) is 9.71. The number of rotatable bonds is 5. The third-order valence-corrected chi connectivity index (χ3v) is 5.17. The van der Waals surface area contributed by atoms with Crippen LogP contribution in [0.4, 0.5) is 5.69 Å². The van der Waals surface area contributed by atoms with E-state index in [0.717, 1.165) is 10.6 Å². The van der Waals surface area contributed by atoms with Gasteiger partial charge in [0.05, 0.1) is 30.0 Å². The highest BCUT2D eigenvalue weighted by atomic mass is 32.2. The number of carbonyl (C=O) groups is 1. The highest BCUT2D eigenvalue weighted by molar-refractivity contribution is 8.00. The maximum Gasteiger partial charge on any atom is 0.335 e. The summed E-state index contributed by atoms with van der Waals surface area (Å²) in [4.78, 5) is 15.5. The predicted octanol–water partition coefficient (Wildman–Crippen LogP) is 4.24. The number of methoxy groups -OCH3 is 1. The number of hydrogen-bond donors (Lipinski definition) is 2. The van der Waals surface area contributed by atoms with Gasteiger partial charge in [-0.25, -0.2) is 9.78 Å². The third-order valence-electron chi connectivity index (χ3n) is 3.52. The molecule has 0 bridgehead atoms. The second kappa shape index (κ2) is 8.96. The highest BCUT2D eigenvalue weighted by Gasteiger charge is 2.10. The van der Waals surface area contributed by atoms with E-state index in [1.54, 1.807) is 30.3 Å². The zero-order chi connectivity index (χ0) is 19.9. The quantitative estimate of drug-likeness (QED) is 0.482. The molecule has 1 aromatic heterocycles. The Labute approximate surface area is 169 Å². The van der Waals surface area contributed by atoms with Gasteiger partial charge in [0.15, 0.2) is 5.01 Å². The van der Waals surface area contributed by atoms with Gasteiger partial charge >= 0.3 is 5.97 Å². The molecule has 2 aromatic carbocycles. The average Bonchev–Trinajstić information content (AvgIpc) is 3.18. The van der Waals surface area contributed by atoms with Crippen LogP contribution < -0.4 is 9.46 Å². The molecule has 138 valence electrons. The van der Waals surface area contributed by atoms with Gasteiger partial charge in [0, 0.05) is 22.9 Å².